The van der Waals surface area contributed by atoms with E-state index in [0.717, 1.165) is 12.1 Å². The van der Waals surface area contributed by atoms with Crippen LogP contribution >= 0.6 is 15.9 Å². The molecular weight excluding hydrogens is 328 g/mol. The van der Waals surface area contributed by atoms with Crippen molar-refractivity contribution in [2.45, 2.75) is 5.92 Å². The van der Waals surface area contributed by atoms with E-state index in [-0.39, 0.29) is 5.56 Å². The first kappa shape index (κ1) is 14.4. The van der Waals surface area contributed by atoms with Crippen LogP contribution in [-0.4, -0.2) is 5.78 Å². The minimum Gasteiger partial charge on any atom is -0.292 e. The molecule has 0 heterocycles. The van der Waals surface area contributed by atoms with E-state index in [1.165, 1.54) is 0 Å². The Hall–Kier alpha value is -2.06. The number of halogens is 3. The van der Waals surface area contributed by atoms with Gasteiger partial charge >= 0.3 is 0 Å². The summed E-state index contributed by atoms with van der Waals surface area (Å²) in [6, 6.07) is 11.2. The Morgan fingerprint density at radius 1 is 1.20 bits per heavy atom. The van der Waals surface area contributed by atoms with Gasteiger partial charge in [-0.15, -0.1) is 0 Å². The van der Waals surface area contributed by atoms with E-state index in [0.29, 0.717) is 16.1 Å². The van der Waals surface area contributed by atoms with Crippen molar-refractivity contribution >= 4 is 21.7 Å². The van der Waals surface area contributed by atoms with Crippen LogP contribution in [0.5, 0.6) is 0 Å². The van der Waals surface area contributed by atoms with Crippen molar-refractivity contribution in [2.24, 2.45) is 0 Å². The maximum Gasteiger partial charge on any atom is 0.187 e. The fraction of sp³-hybridized carbons (Fsp3) is 0.0667. The molecule has 20 heavy (non-hydrogen) atoms. The van der Waals surface area contributed by atoms with Gasteiger partial charge in [0.2, 0.25) is 0 Å². The highest BCUT2D eigenvalue weighted by Crippen LogP contribution is 2.28. The average Bonchev–Trinajstić information content (AvgIpc) is 2.41. The summed E-state index contributed by atoms with van der Waals surface area (Å²) in [6.45, 7) is 0. The van der Waals surface area contributed by atoms with E-state index in [1.807, 2.05) is 6.07 Å². The molecule has 5 heteroatoms. The number of Topliss-reactive ketones (excluding diaryl/α,β-unsaturated/α-hetero) is 1. The van der Waals surface area contributed by atoms with Gasteiger partial charge in [-0.05, 0) is 23.8 Å². The fourth-order valence-corrected chi connectivity index (χ4v) is 2.34. The van der Waals surface area contributed by atoms with E-state index in [9.17, 15) is 18.8 Å². The Morgan fingerprint density at radius 2 is 1.90 bits per heavy atom. The predicted molar refractivity (Wildman–Crippen MR) is 73.2 cm³/mol. The summed E-state index contributed by atoms with van der Waals surface area (Å²) in [6.07, 6.45) is 0. The molecule has 0 amide bonds. The molecule has 1 unspecified atom stereocenters. The third-order valence-electron chi connectivity index (χ3n) is 2.80. The quantitative estimate of drug-likeness (QED) is 0.788. The Balaban J connectivity index is 2.45. The first-order chi connectivity index (χ1) is 9.54. The van der Waals surface area contributed by atoms with Crippen LogP contribution in [0.2, 0.25) is 0 Å². The van der Waals surface area contributed by atoms with Gasteiger partial charge < -0.3 is 0 Å². The van der Waals surface area contributed by atoms with Crippen molar-refractivity contribution in [3.05, 3.63) is 69.7 Å². The van der Waals surface area contributed by atoms with Crippen LogP contribution in [0.25, 0.3) is 0 Å². The number of rotatable bonds is 3. The SMILES string of the molecule is N#CC(C(=O)c1ccc(F)cc1F)c1ccccc1Br. The summed E-state index contributed by atoms with van der Waals surface area (Å²) in [5.41, 5.74) is 0.150. The molecule has 0 aromatic heterocycles. The molecule has 1 atom stereocenters. The third kappa shape index (κ3) is 2.75. The van der Waals surface area contributed by atoms with Gasteiger partial charge in [-0.2, -0.15) is 5.26 Å². The van der Waals surface area contributed by atoms with Gasteiger partial charge in [-0.1, -0.05) is 34.1 Å². The molecule has 0 radical (unpaired) electrons. The molecule has 2 aromatic rings. The summed E-state index contributed by atoms with van der Waals surface area (Å²) in [4.78, 5) is 12.3. The maximum atomic E-state index is 13.6. The molecule has 0 aliphatic rings. The standard InChI is InChI=1S/C15H8BrF2NO/c16-13-4-2-1-3-10(13)12(8-19)15(20)11-6-5-9(17)7-14(11)18/h1-7,12H. The number of hydrogen-bond acceptors (Lipinski definition) is 2. The lowest BCUT2D eigenvalue weighted by molar-refractivity contribution is 0.0974. The Morgan fingerprint density at radius 3 is 2.50 bits per heavy atom. The third-order valence-corrected chi connectivity index (χ3v) is 3.53. The average molecular weight is 336 g/mol. The predicted octanol–water partition coefficient (Wildman–Crippen LogP) is 4.22. The lowest BCUT2D eigenvalue weighted by Gasteiger charge is -2.11. The number of nitriles is 1. The number of benzene rings is 2. The number of carbonyl (C=O) groups is 1. The number of nitrogens with zero attached hydrogens (tertiary/aromatic N) is 1. The van der Waals surface area contributed by atoms with Gasteiger partial charge in [-0.25, -0.2) is 8.78 Å². The highest BCUT2D eigenvalue weighted by Gasteiger charge is 2.25. The second-order valence-corrected chi connectivity index (χ2v) is 4.93. The van der Waals surface area contributed by atoms with Gasteiger partial charge in [0.1, 0.15) is 17.6 Å². The zero-order valence-electron chi connectivity index (χ0n) is 10.1. The fourth-order valence-electron chi connectivity index (χ4n) is 1.82. The summed E-state index contributed by atoms with van der Waals surface area (Å²) < 4.78 is 27.1. The Bertz CT molecular complexity index is 709. The van der Waals surface area contributed by atoms with Crippen LogP contribution in [0.4, 0.5) is 8.78 Å². The summed E-state index contributed by atoms with van der Waals surface area (Å²) in [5, 5.41) is 9.19. The molecule has 2 rings (SSSR count). The molecule has 100 valence electrons. The van der Waals surface area contributed by atoms with Gasteiger partial charge in [0.05, 0.1) is 11.6 Å². The molecule has 2 aromatic carbocycles. The van der Waals surface area contributed by atoms with Crippen molar-refractivity contribution in [3.8, 4) is 6.07 Å². The molecule has 2 nitrogen and oxygen atoms in total. The minimum absolute atomic E-state index is 0.297. The second kappa shape index (κ2) is 5.93. The molecule has 0 bridgehead atoms. The zero-order chi connectivity index (χ0) is 14.7. The lowest BCUT2D eigenvalue weighted by Crippen LogP contribution is -2.13. The molecule has 0 N–H and O–H groups in total. The molecular formula is C15H8BrF2NO. The lowest BCUT2D eigenvalue weighted by atomic mass is 9.91. The summed E-state index contributed by atoms with van der Waals surface area (Å²) in [7, 11) is 0. The molecule has 0 aliphatic heterocycles. The van der Waals surface area contributed by atoms with Crippen molar-refractivity contribution in [3.63, 3.8) is 0 Å². The molecule has 0 spiro atoms. The topological polar surface area (TPSA) is 40.9 Å². The van der Waals surface area contributed by atoms with E-state index in [1.54, 1.807) is 24.3 Å². The molecule has 0 fully saturated rings. The van der Waals surface area contributed by atoms with E-state index in [4.69, 9.17) is 0 Å². The second-order valence-electron chi connectivity index (χ2n) is 4.07. The van der Waals surface area contributed by atoms with Crippen molar-refractivity contribution in [2.75, 3.05) is 0 Å². The van der Waals surface area contributed by atoms with Crippen LogP contribution in [0.15, 0.2) is 46.9 Å². The highest BCUT2D eigenvalue weighted by atomic mass is 79.9. The van der Waals surface area contributed by atoms with Crippen LogP contribution in [0.1, 0.15) is 21.8 Å². The number of carbonyl (C=O) groups excluding carboxylic acids is 1. The van der Waals surface area contributed by atoms with Crippen molar-refractivity contribution in [1.29, 1.82) is 5.26 Å². The summed E-state index contributed by atoms with van der Waals surface area (Å²) >= 11 is 3.25. The Labute approximate surface area is 122 Å². The zero-order valence-corrected chi connectivity index (χ0v) is 11.7. The van der Waals surface area contributed by atoms with E-state index in [2.05, 4.69) is 15.9 Å². The monoisotopic (exact) mass is 335 g/mol. The largest absolute Gasteiger partial charge is 0.292 e. The van der Waals surface area contributed by atoms with Gasteiger partial charge in [0.25, 0.3) is 0 Å². The first-order valence-electron chi connectivity index (χ1n) is 5.68. The highest BCUT2D eigenvalue weighted by molar-refractivity contribution is 9.10. The van der Waals surface area contributed by atoms with Crippen molar-refractivity contribution < 1.29 is 13.6 Å². The van der Waals surface area contributed by atoms with Gasteiger partial charge in [0.15, 0.2) is 5.78 Å². The van der Waals surface area contributed by atoms with Crippen LogP contribution < -0.4 is 0 Å². The van der Waals surface area contributed by atoms with Crippen molar-refractivity contribution in [1.82, 2.24) is 0 Å². The number of ketones is 1. The summed E-state index contributed by atoms with van der Waals surface area (Å²) in [5.74, 6) is -3.59. The van der Waals surface area contributed by atoms with Gasteiger partial charge in [0, 0.05) is 10.5 Å². The molecule has 0 saturated heterocycles. The first-order valence-corrected chi connectivity index (χ1v) is 6.47. The smallest absolute Gasteiger partial charge is 0.187 e. The Kier molecular flexibility index (Phi) is 4.26. The van der Waals surface area contributed by atoms with Gasteiger partial charge in [-0.3, -0.25) is 4.79 Å². The van der Waals surface area contributed by atoms with E-state index < -0.39 is 23.3 Å². The number of hydrogen-bond donors (Lipinski definition) is 0. The maximum absolute atomic E-state index is 13.6. The van der Waals surface area contributed by atoms with Crippen LogP contribution in [0, 0.1) is 23.0 Å². The molecule has 0 saturated carbocycles. The van der Waals surface area contributed by atoms with Crippen LogP contribution in [0.3, 0.4) is 0 Å². The normalized spacial score (nSPS) is 11.7. The van der Waals surface area contributed by atoms with Crippen LogP contribution in [-0.2, 0) is 0 Å². The molecule has 0 aliphatic carbocycles. The van der Waals surface area contributed by atoms with E-state index >= 15 is 0 Å². The minimum atomic E-state index is -1.15.